The second-order valence-electron chi connectivity index (χ2n) is 7.33. The van der Waals surface area contributed by atoms with Gasteiger partial charge in [0, 0.05) is 16.3 Å². The number of ether oxygens (including phenoxy) is 1. The van der Waals surface area contributed by atoms with Crippen LogP contribution in [0, 0.1) is 12.7 Å². The maximum atomic E-state index is 13.2. The molecular formula is C23H19FNO3+. The molecule has 1 N–H and O–H groups in total. The summed E-state index contributed by atoms with van der Waals surface area (Å²) < 4.78 is 24.9. The standard InChI is InChI=1S/C23H18FNO3/c1-14-10-20-19(12-25(13-27-20)11-15-6-8-16(24)9-7-15)22-21(14)17-4-2-3-5-18(17)23(26)28-22/h2-10H,11-13H2,1H3/p+1. The molecule has 5 heteroatoms. The summed E-state index contributed by atoms with van der Waals surface area (Å²) in [6.07, 6.45) is 0. The van der Waals surface area contributed by atoms with E-state index in [1.54, 1.807) is 18.2 Å². The number of hydrogen-bond acceptors (Lipinski definition) is 3. The Hall–Kier alpha value is -3.18. The molecule has 0 amide bonds. The van der Waals surface area contributed by atoms with E-state index in [0.29, 0.717) is 30.8 Å². The van der Waals surface area contributed by atoms with Gasteiger partial charge in [-0.25, -0.2) is 9.18 Å². The molecule has 1 aliphatic rings. The number of quaternary nitrogens is 1. The summed E-state index contributed by atoms with van der Waals surface area (Å²) in [5.74, 6) is 0.528. The molecule has 5 rings (SSSR count). The van der Waals surface area contributed by atoms with Gasteiger partial charge >= 0.3 is 5.63 Å². The topological polar surface area (TPSA) is 43.9 Å². The van der Waals surface area contributed by atoms with Gasteiger partial charge in [-0.15, -0.1) is 0 Å². The van der Waals surface area contributed by atoms with Gasteiger partial charge < -0.3 is 9.15 Å². The number of benzene rings is 3. The Labute approximate surface area is 160 Å². The average Bonchev–Trinajstić information content (AvgIpc) is 2.70. The molecule has 140 valence electrons. The SMILES string of the molecule is Cc1cc2c(c3oc(=O)c4ccccc4c13)C[NH+](Cc1ccc(F)cc1)CO2. The zero-order valence-electron chi connectivity index (χ0n) is 15.4. The van der Waals surface area contributed by atoms with Crippen LogP contribution in [0.25, 0.3) is 21.7 Å². The van der Waals surface area contributed by atoms with Crippen LogP contribution in [-0.2, 0) is 13.1 Å². The maximum Gasteiger partial charge on any atom is 0.344 e. The number of aryl methyl sites for hydroxylation is 1. The van der Waals surface area contributed by atoms with Crippen LogP contribution in [0.5, 0.6) is 5.75 Å². The molecular weight excluding hydrogens is 357 g/mol. The van der Waals surface area contributed by atoms with Crippen molar-refractivity contribution in [3.8, 4) is 5.75 Å². The number of halogens is 1. The minimum Gasteiger partial charge on any atom is -0.445 e. The molecule has 0 saturated heterocycles. The molecule has 1 atom stereocenters. The molecule has 0 spiro atoms. The van der Waals surface area contributed by atoms with Crippen molar-refractivity contribution in [2.75, 3.05) is 6.73 Å². The van der Waals surface area contributed by atoms with Crippen molar-refractivity contribution in [3.05, 3.63) is 87.5 Å². The number of fused-ring (bicyclic) bond motifs is 5. The molecule has 3 aromatic carbocycles. The van der Waals surface area contributed by atoms with Crippen LogP contribution in [-0.4, -0.2) is 6.73 Å². The molecule has 4 aromatic rings. The van der Waals surface area contributed by atoms with Gasteiger partial charge in [0.25, 0.3) is 0 Å². The highest BCUT2D eigenvalue weighted by Crippen LogP contribution is 2.34. The minimum atomic E-state index is -0.332. The van der Waals surface area contributed by atoms with Crippen molar-refractivity contribution in [1.82, 2.24) is 0 Å². The van der Waals surface area contributed by atoms with Crippen LogP contribution in [0.15, 0.2) is 63.8 Å². The number of nitrogens with one attached hydrogen (secondary N) is 1. The van der Waals surface area contributed by atoms with E-state index in [9.17, 15) is 9.18 Å². The van der Waals surface area contributed by atoms with E-state index in [-0.39, 0.29) is 11.4 Å². The lowest BCUT2D eigenvalue weighted by Gasteiger charge is -2.27. The van der Waals surface area contributed by atoms with Crippen molar-refractivity contribution in [3.63, 3.8) is 0 Å². The Bertz CT molecular complexity index is 1260. The fourth-order valence-corrected chi connectivity index (χ4v) is 4.05. The van der Waals surface area contributed by atoms with Gasteiger partial charge in [0.2, 0.25) is 6.73 Å². The number of rotatable bonds is 2. The van der Waals surface area contributed by atoms with Gasteiger partial charge in [0.15, 0.2) is 5.58 Å². The molecule has 1 unspecified atom stereocenters. The van der Waals surface area contributed by atoms with Crippen LogP contribution < -0.4 is 15.3 Å². The van der Waals surface area contributed by atoms with Gasteiger partial charge in [-0.05, 0) is 36.8 Å². The molecule has 0 aliphatic carbocycles. The van der Waals surface area contributed by atoms with E-state index >= 15 is 0 Å². The van der Waals surface area contributed by atoms with Crippen LogP contribution in [0.2, 0.25) is 0 Å². The normalized spacial score (nSPS) is 16.1. The van der Waals surface area contributed by atoms with E-state index in [4.69, 9.17) is 9.15 Å². The zero-order chi connectivity index (χ0) is 19.3. The molecule has 0 radical (unpaired) electrons. The quantitative estimate of drug-likeness (QED) is 0.431. The highest BCUT2D eigenvalue weighted by Gasteiger charge is 2.26. The summed E-state index contributed by atoms with van der Waals surface area (Å²) in [4.78, 5) is 13.7. The van der Waals surface area contributed by atoms with Gasteiger partial charge in [0.1, 0.15) is 24.7 Å². The van der Waals surface area contributed by atoms with E-state index in [1.165, 1.54) is 17.0 Å². The Balaban J connectivity index is 1.62. The van der Waals surface area contributed by atoms with E-state index in [1.807, 2.05) is 31.2 Å². The molecule has 0 fully saturated rings. The third-order valence-corrected chi connectivity index (χ3v) is 5.38. The van der Waals surface area contributed by atoms with Gasteiger partial charge in [0.05, 0.1) is 10.9 Å². The molecule has 1 aliphatic heterocycles. The van der Waals surface area contributed by atoms with E-state index in [0.717, 1.165) is 33.2 Å². The van der Waals surface area contributed by atoms with Crippen molar-refractivity contribution >= 4 is 21.7 Å². The number of hydrogen-bond donors (Lipinski definition) is 1. The first-order valence-electron chi connectivity index (χ1n) is 9.29. The monoisotopic (exact) mass is 376 g/mol. The first kappa shape index (κ1) is 17.0. The van der Waals surface area contributed by atoms with Crippen LogP contribution in [0.1, 0.15) is 16.7 Å². The summed E-state index contributed by atoms with van der Waals surface area (Å²) in [6, 6.07) is 16.1. The highest BCUT2D eigenvalue weighted by atomic mass is 19.1. The minimum absolute atomic E-state index is 0.242. The van der Waals surface area contributed by atoms with Gasteiger partial charge in [-0.1, -0.05) is 30.3 Å². The molecule has 0 bridgehead atoms. The molecule has 0 saturated carbocycles. The van der Waals surface area contributed by atoms with Crippen molar-refractivity contribution in [1.29, 1.82) is 0 Å². The zero-order valence-corrected chi connectivity index (χ0v) is 15.4. The molecule has 4 nitrogen and oxygen atoms in total. The predicted octanol–water partition coefficient (Wildman–Crippen LogP) is 3.33. The summed E-state index contributed by atoms with van der Waals surface area (Å²) in [5.41, 5.74) is 3.24. The molecule has 2 heterocycles. The smallest absolute Gasteiger partial charge is 0.344 e. The summed E-state index contributed by atoms with van der Waals surface area (Å²) >= 11 is 0. The summed E-state index contributed by atoms with van der Waals surface area (Å²) in [7, 11) is 0. The Morgan fingerprint density at radius 3 is 2.61 bits per heavy atom. The molecule has 1 aromatic heterocycles. The van der Waals surface area contributed by atoms with Crippen molar-refractivity contribution < 1.29 is 18.4 Å². The summed E-state index contributed by atoms with van der Waals surface area (Å²) in [5, 5.41) is 2.45. The first-order chi connectivity index (χ1) is 13.6. The van der Waals surface area contributed by atoms with Crippen LogP contribution in [0.4, 0.5) is 4.39 Å². The Morgan fingerprint density at radius 1 is 1.07 bits per heavy atom. The third-order valence-electron chi connectivity index (χ3n) is 5.38. The van der Waals surface area contributed by atoms with E-state index < -0.39 is 0 Å². The van der Waals surface area contributed by atoms with E-state index in [2.05, 4.69) is 0 Å². The lowest BCUT2D eigenvalue weighted by molar-refractivity contribution is -0.945. The lowest BCUT2D eigenvalue weighted by Crippen LogP contribution is -3.10. The largest absolute Gasteiger partial charge is 0.445 e. The first-order valence-corrected chi connectivity index (χ1v) is 9.29. The lowest BCUT2D eigenvalue weighted by atomic mass is 9.99. The second-order valence-corrected chi connectivity index (χ2v) is 7.33. The third kappa shape index (κ3) is 2.75. The fourth-order valence-electron chi connectivity index (χ4n) is 4.05. The van der Waals surface area contributed by atoms with Crippen molar-refractivity contribution in [2.24, 2.45) is 0 Å². The average molecular weight is 376 g/mol. The van der Waals surface area contributed by atoms with Crippen LogP contribution >= 0.6 is 0 Å². The van der Waals surface area contributed by atoms with Crippen LogP contribution in [0.3, 0.4) is 0 Å². The van der Waals surface area contributed by atoms with Gasteiger partial charge in [-0.3, -0.25) is 4.90 Å². The Morgan fingerprint density at radius 2 is 1.82 bits per heavy atom. The van der Waals surface area contributed by atoms with Crippen molar-refractivity contribution in [2.45, 2.75) is 20.0 Å². The second kappa shape index (κ2) is 6.46. The van der Waals surface area contributed by atoms with Gasteiger partial charge in [-0.2, -0.15) is 0 Å². The highest BCUT2D eigenvalue weighted by molar-refractivity contribution is 6.07. The molecule has 28 heavy (non-hydrogen) atoms. The predicted molar refractivity (Wildman–Crippen MR) is 105 cm³/mol. The maximum absolute atomic E-state index is 13.2. The Kier molecular flexibility index (Phi) is 3.91. The summed E-state index contributed by atoms with van der Waals surface area (Å²) in [6.45, 7) is 3.89. The fraction of sp³-hybridized carbons (Fsp3) is 0.174.